The molecule has 0 radical (unpaired) electrons. The van der Waals surface area contributed by atoms with E-state index < -0.39 is 0 Å². The second-order valence-electron chi connectivity index (χ2n) is 6.51. The van der Waals surface area contributed by atoms with Gasteiger partial charge in [0.1, 0.15) is 5.82 Å². The van der Waals surface area contributed by atoms with Crippen molar-refractivity contribution < 1.29 is 9.31 Å². The van der Waals surface area contributed by atoms with E-state index in [1.54, 1.807) is 24.3 Å². The van der Waals surface area contributed by atoms with Gasteiger partial charge in [-0.3, -0.25) is 10.1 Å². The van der Waals surface area contributed by atoms with Crippen LogP contribution in [0.25, 0.3) is 0 Å². The highest BCUT2D eigenvalue weighted by molar-refractivity contribution is 5.67. The summed E-state index contributed by atoms with van der Waals surface area (Å²) < 4.78 is 13.7. The van der Waals surface area contributed by atoms with Gasteiger partial charge in [-0.2, -0.15) is 0 Å². The van der Waals surface area contributed by atoms with E-state index in [0.717, 1.165) is 28.8 Å². The van der Waals surface area contributed by atoms with Crippen LogP contribution in [0.2, 0.25) is 0 Å². The number of allylic oxidation sites excluding steroid dienone is 2. The SMILES string of the molecule is Cc1cc([N+](=O)[O-])cc2c1N[C@H](c1cccc(F)c1)[C@@H]1CC=C[C@@H]21. The highest BCUT2D eigenvalue weighted by Crippen LogP contribution is 2.51. The summed E-state index contributed by atoms with van der Waals surface area (Å²) in [5.41, 5.74) is 3.78. The average Bonchev–Trinajstić information content (AvgIpc) is 3.04. The van der Waals surface area contributed by atoms with Gasteiger partial charge in [-0.1, -0.05) is 24.3 Å². The summed E-state index contributed by atoms with van der Waals surface area (Å²) in [5, 5.41) is 14.7. The number of non-ortho nitro benzene ring substituents is 1. The second-order valence-corrected chi connectivity index (χ2v) is 6.51. The number of rotatable bonds is 2. The van der Waals surface area contributed by atoms with E-state index in [2.05, 4.69) is 17.5 Å². The van der Waals surface area contributed by atoms with Gasteiger partial charge >= 0.3 is 0 Å². The molecule has 122 valence electrons. The lowest BCUT2D eigenvalue weighted by Crippen LogP contribution is -2.29. The predicted molar refractivity (Wildman–Crippen MR) is 90.6 cm³/mol. The van der Waals surface area contributed by atoms with Gasteiger partial charge in [0.25, 0.3) is 5.69 Å². The Morgan fingerprint density at radius 2 is 2.12 bits per heavy atom. The van der Waals surface area contributed by atoms with Crippen LogP contribution >= 0.6 is 0 Å². The lowest BCUT2D eigenvalue weighted by molar-refractivity contribution is -0.385. The van der Waals surface area contributed by atoms with Crippen molar-refractivity contribution in [3.8, 4) is 0 Å². The van der Waals surface area contributed by atoms with Gasteiger partial charge in [0.2, 0.25) is 0 Å². The van der Waals surface area contributed by atoms with Gasteiger partial charge in [0, 0.05) is 23.7 Å². The molecule has 0 spiro atoms. The number of halogens is 1. The van der Waals surface area contributed by atoms with Crippen LogP contribution in [0.1, 0.15) is 35.1 Å². The summed E-state index contributed by atoms with van der Waals surface area (Å²) >= 11 is 0. The minimum atomic E-state index is -0.348. The minimum Gasteiger partial charge on any atom is -0.377 e. The molecule has 0 aromatic heterocycles. The second kappa shape index (κ2) is 5.44. The topological polar surface area (TPSA) is 55.2 Å². The number of hydrogen-bond acceptors (Lipinski definition) is 3. The monoisotopic (exact) mass is 324 g/mol. The first kappa shape index (κ1) is 14.9. The number of nitro benzene ring substituents is 1. The molecule has 2 aliphatic rings. The number of hydrogen-bond donors (Lipinski definition) is 1. The standard InChI is InChI=1S/C19H17FN2O2/c1-11-8-14(22(23)24)10-17-15-6-3-7-16(15)19(21-18(11)17)12-4-2-5-13(20)9-12/h2-6,8-10,15-16,19,21H,7H2,1H3/t15-,16-,19-/m1/s1. The van der Waals surface area contributed by atoms with Crippen LogP contribution in [0.15, 0.2) is 48.6 Å². The van der Waals surface area contributed by atoms with Crippen molar-refractivity contribution in [2.75, 3.05) is 5.32 Å². The van der Waals surface area contributed by atoms with Crippen molar-refractivity contribution in [1.29, 1.82) is 0 Å². The quantitative estimate of drug-likeness (QED) is 0.487. The Hall–Kier alpha value is -2.69. The fourth-order valence-corrected chi connectivity index (χ4v) is 4.00. The number of nitro groups is 1. The van der Waals surface area contributed by atoms with Crippen molar-refractivity contribution >= 4 is 11.4 Å². The van der Waals surface area contributed by atoms with Crippen molar-refractivity contribution in [3.05, 3.63) is 81.2 Å². The van der Waals surface area contributed by atoms with E-state index in [-0.39, 0.29) is 34.3 Å². The van der Waals surface area contributed by atoms with Crippen molar-refractivity contribution in [2.45, 2.75) is 25.3 Å². The molecule has 2 aromatic rings. The summed E-state index contributed by atoms with van der Waals surface area (Å²) in [5.74, 6) is 0.108. The molecule has 0 amide bonds. The van der Waals surface area contributed by atoms with Gasteiger partial charge in [-0.15, -0.1) is 0 Å². The van der Waals surface area contributed by atoms with Gasteiger partial charge in [-0.25, -0.2) is 4.39 Å². The molecule has 0 bridgehead atoms. The van der Waals surface area contributed by atoms with E-state index in [9.17, 15) is 14.5 Å². The molecule has 0 saturated heterocycles. The number of nitrogens with zero attached hydrogens (tertiary/aromatic N) is 1. The fraction of sp³-hybridized carbons (Fsp3) is 0.263. The normalized spacial score (nSPS) is 24.2. The third-order valence-corrected chi connectivity index (χ3v) is 5.07. The molecule has 3 atom stereocenters. The molecule has 1 heterocycles. The molecule has 0 unspecified atom stereocenters. The average molecular weight is 324 g/mol. The lowest BCUT2D eigenvalue weighted by atomic mass is 9.76. The smallest absolute Gasteiger partial charge is 0.270 e. The molecule has 0 saturated carbocycles. The summed E-state index contributed by atoms with van der Waals surface area (Å²) in [6.07, 6.45) is 5.12. The van der Waals surface area contributed by atoms with Crippen LogP contribution in [0, 0.1) is 28.8 Å². The zero-order valence-electron chi connectivity index (χ0n) is 13.2. The maximum atomic E-state index is 13.7. The first-order valence-electron chi connectivity index (χ1n) is 8.02. The first-order valence-corrected chi connectivity index (χ1v) is 8.02. The van der Waals surface area contributed by atoms with E-state index in [1.165, 1.54) is 6.07 Å². The fourth-order valence-electron chi connectivity index (χ4n) is 4.00. The van der Waals surface area contributed by atoms with E-state index in [1.807, 2.05) is 13.0 Å². The van der Waals surface area contributed by atoms with E-state index in [4.69, 9.17) is 0 Å². The van der Waals surface area contributed by atoms with Crippen LogP contribution in [0.4, 0.5) is 15.8 Å². The maximum Gasteiger partial charge on any atom is 0.270 e. The molecule has 4 nitrogen and oxygen atoms in total. The van der Waals surface area contributed by atoms with E-state index >= 15 is 0 Å². The van der Waals surface area contributed by atoms with Crippen LogP contribution in [0.3, 0.4) is 0 Å². The van der Waals surface area contributed by atoms with Crippen molar-refractivity contribution in [1.82, 2.24) is 0 Å². The van der Waals surface area contributed by atoms with Crippen LogP contribution in [-0.2, 0) is 0 Å². The maximum absolute atomic E-state index is 13.7. The molecule has 24 heavy (non-hydrogen) atoms. The third kappa shape index (κ3) is 2.28. The summed E-state index contributed by atoms with van der Waals surface area (Å²) in [4.78, 5) is 10.8. The van der Waals surface area contributed by atoms with Gasteiger partial charge < -0.3 is 5.32 Å². The molecule has 4 rings (SSSR count). The Balaban J connectivity index is 1.83. The lowest BCUT2D eigenvalue weighted by Gasteiger charge is -2.38. The molecule has 2 aromatic carbocycles. The van der Waals surface area contributed by atoms with Gasteiger partial charge in [0.15, 0.2) is 0 Å². The molecule has 0 fully saturated rings. The summed E-state index contributed by atoms with van der Waals surface area (Å²) in [6, 6.07) is 9.92. The highest BCUT2D eigenvalue weighted by atomic mass is 19.1. The number of anilines is 1. The Bertz CT molecular complexity index is 862. The largest absolute Gasteiger partial charge is 0.377 e. The van der Waals surface area contributed by atoms with Gasteiger partial charge in [0.05, 0.1) is 11.0 Å². The zero-order chi connectivity index (χ0) is 16.8. The summed E-state index contributed by atoms with van der Waals surface area (Å²) in [6.45, 7) is 1.88. The third-order valence-electron chi connectivity index (χ3n) is 5.07. The first-order chi connectivity index (χ1) is 11.5. The van der Waals surface area contributed by atoms with Gasteiger partial charge in [-0.05, 0) is 48.1 Å². The number of aryl methyl sites for hydroxylation is 1. The summed E-state index contributed by atoms with van der Waals surface area (Å²) in [7, 11) is 0. The molecule has 5 heteroatoms. The Morgan fingerprint density at radius 1 is 1.29 bits per heavy atom. The van der Waals surface area contributed by atoms with Crippen LogP contribution in [0.5, 0.6) is 0 Å². The van der Waals surface area contributed by atoms with Crippen LogP contribution in [-0.4, -0.2) is 4.92 Å². The highest BCUT2D eigenvalue weighted by Gasteiger charge is 2.39. The molecule has 1 aliphatic heterocycles. The Labute approximate surface area is 139 Å². The van der Waals surface area contributed by atoms with Crippen molar-refractivity contribution in [2.24, 2.45) is 5.92 Å². The number of benzene rings is 2. The van der Waals surface area contributed by atoms with E-state index in [0.29, 0.717) is 0 Å². The molecular weight excluding hydrogens is 307 g/mol. The molecule has 1 aliphatic carbocycles. The number of fused-ring (bicyclic) bond motifs is 3. The van der Waals surface area contributed by atoms with Crippen molar-refractivity contribution in [3.63, 3.8) is 0 Å². The Kier molecular flexibility index (Phi) is 3.37. The molecule has 1 N–H and O–H groups in total. The zero-order valence-corrected chi connectivity index (χ0v) is 13.2. The minimum absolute atomic E-state index is 0.00615. The number of nitrogens with one attached hydrogen (secondary N) is 1. The van der Waals surface area contributed by atoms with Crippen LogP contribution < -0.4 is 5.32 Å². The predicted octanol–water partition coefficient (Wildman–Crippen LogP) is 4.87. The Morgan fingerprint density at radius 3 is 2.88 bits per heavy atom. The molecular formula is C19H17FN2O2.